The molecule has 8 nitrogen and oxygen atoms in total. The van der Waals surface area contributed by atoms with Crippen molar-refractivity contribution in [3.8, 4) is 0 Å². The first-order chi connectivity index (χ1) is 9.54. The maximum Gasteiger partial charge on any atom is 0.322 e. The van der Waals surface area contributed by atoms with E-state index in [0.29, 0.717) is 12.3 Å². The van der Waals surface area contributed by atoms with E-state index in [4.69, 9.17) is 0 Å². The van der Waals surface area contributed by atoms with E-state index in [2.05, 4.69) is 26.1 Å². The number of amides is 4. The van der Waals surface area contributed by atoms with Crippen LogP contribution in [-0.2, 0) is 9.59 Å². The Morgan fingerprint density at radius 3 is 2.85 bits per heavy atom. The molecular weight excluding hydrogens is 302 g/mol. The fraction of sp³-hybridized carbons (Fsp3) is 0.500. The van der Waals surface area contributed by atoms with Crippen molar-refractivity contribution in [2.75, 3.05) is 12.3 Å². The molecule has 1 unspecified atom stereocenters. The minimum Gasteiger partial charge on any atom is -0.355 e. The van der Waals surface area contributed by atoms with Crippen LogP contribution in [0.3, 0.4) is 0 Å². The van der Waals surface area contributed by atoms with Gasteiger partial charge < -0.3 is 10.6 Å². The van der Waals surface area contributed by atoms with Crippen molar-refractivity contribution in [1.82, 2.24) is 26.1 Å². The normalized spacial score (nSPS) is 17.8. The molecule has 1 aliphatic heterocycles. The van der Waals surface area contributed by atoms with Crippen LogP contribution in [0.4, 0.5) is 4.79 Å². The Kier molecular flexibility index (Phi) is 4.90. The first-order valence-corrected chi connectivity index (χ1v) is 7.66. The highest BCUT2D eigenvalue weighted by Crippen LogP contribution is 2.20. The molecule has 10 heteroatoms. The number of rotatable bonds is 6. The van der Waals surface area contributed by atoms with Gasteiger partial charge in [-0.2, -0.15) is 0 Å². The smallest absolute Gasteiger partial charge is 0.322 e. The van der Waals surface area contributed by atoms with Crippen molar-refractivity contribution in [2.24, 2.45) is 0 Å². The lowest BCUT2D eigenvalue weighted by molar-refractivity contribution is -0.126. The number of carbonyl (C=O) groups excluding carboxylic acids is 3. The molecule has 1 saturated heterocycles. The highest BCUT2D eigenvalue weighted by Gasteiger charge is 2.30. The van der Waals surface area contributed by atoms with Crippen LogP contribution in [0.1, 0.15) is 11.4 Å². The van der Waals surface area contributed by atoms with Gasteiger partial charge in [0.2, 0.25) is 5.91 Å². The largest absolute Gasteiger partial charge is 0.355 e. The molecule has 0 spiro atoms. The van der Waals surface area contributed by atoms with Crippen LogP contribution >= 0.6 is 23.1 Å². The van der Waals surface area contributed by atoms with Crippen LogP contribution in [0.2, 0.25) is 0 Å². The lowest BCUT2D eigenvalue weighted by Gasteiger charge is -2.07. The lowest BCUT2D eigenvalue weighted by atomic mass is 10.2. The van der Waals surface area contributed by atoms with Crippen molar-refractivity contribution in [3.05, 3.63) is 5.01 Å². The van der Waals surface area contributed by atoms with Crippen LogP contribution in [0.5, 0.6) is 0 Å². The van der Waals surface area contributed by atoms with Crippen molar-refractivity contribution in [3.63, 3.8) is 0 Å². The highest BCUT2D eigenvalue weighted by molar-refractivity contribution is 8.01. The van der Waals surface area contributed by atoms with E-state index in [-0.39, 0.29) is 12.3 Å². The molecule has 0 bridgehead atoms. The third-order valence-electron chi connectivity index (χ3n) is 2.41. The maximum atomic E-state index is 11.6. The molecule has 0 saturated carbocycles. The summed E-state index contributed by atoms with van der Waals surface area (Å²) in [6.07, 6.45) is -0.0554. The Hall–Kier alpha value is -1.68. The first-order valence-electron chi connectivity index (χ1n) is 5.85. The predicted octanol–water partition coefficient (Wildman–Crippen LogP) is -0.347. The molecule has 20 heavy (non-hydrogen) atoms. The third-order valence-corrected chi connectivity index (χ3v) is 4.38. The molecule has 0 radical (unpaired) electrons. The number of carbonyl (C=O) groups is 3. The number of hydrogen-bond acceptors (Lipinski definition) is 7. The van der Waals surface area contributed by atoms with E-state index in [0.717, 1.165) is 9.35 Å². The summed E-state index contributed by atoms with van der Waals surface area (Å²) < 4.78 is 0.860. The molecule has 0 aromatic carbocycles. The van der Waals surface area contributed by atoms with Crippen LogP contribution in [0.25, 0.3) is 0 Å². The Labute approximate surface area is 123 Å². The fourth-order valence-corrected chi connectivity index (χ4v) is 3.27. The summed E-state index contributed by atoms with van der Waals surface area (Å²) in [4.78, 5) is 33.7. The zero-order chi connectivity index (χ0) is 14.5. The Bertz CT molecular complexity index is 533. The number of urea groups is 1. The zero-order valence-corrected chi connectivity index (χ0v) is 12.3. The van der Waals surface area contributed by atoms with Crippen molar-refractivity contribution in [2.45, 2.75) is 23.7 Å². The van der Waals surface area contributed by atoms with Gasteiger partial charge in [-0.25, -0.2) is 4.79 Å². The summed E-state index contributed by atoms with van der Waals surface area (Å²) in [5.41, 5.74) is 0. The highest BCUT2D eigenvalue weighted by atomic mass is 32.2. The topological polar surface area (TPSA) is 113 Å². The first kappa shape index (κ1) is 14.7. The zero-order valence-electron chi connectivity index (χ0n) is 10.6. The second-order valence-corrected chi connectivity index (χ2v) is 6.53. The summed E-state index contributed by atoms with van der Waals surface area (Å²) in [6.45, 7) is 2.34. The molecule has 1 fully saturated rings. The molecular formula is C10H13N5O3S2. The van der Waals surface area contributed by atoms with E-state index < -0.39 is 18.0 Å². The van der Waals surface area contributed by atoms with Gasteiger partial charge in [0.05, 0.1) is 6.42 Å². The van der Waals surface area contributed by atoms with Gasteiger partial charge >= 0.3 is 6.03 Å². The van der Waals surface area contributed by atoms with Gasteiger partial charge in [0.15, 0.2) is 4.34 Å². The maximum absolute atomic E-state index is 11.6. The Balaban J connectivity index is 1.63. The molecule has 108 valence electrons. The predicted molar refractivity (Wildman–Crippen MR) is 73.5 cm³/mol. The van der Waals surface area contributed by atoms with E-state index in [1.165, 1.54) is 23.1 Å². The second kappa shape index (κ2) is 6.66. The van der Waals surface area contributed by atoms with E-state index in [1.807, 2.05) is 6.92 Å². The molecule has 2 heterocycles. The molecule has 1 aromatic heterocycles. The number of nitrogens with one attached hydrogen (secondary N) is 3. The van der Waals surface area contributed by atoms with Gasteiger partial charge in [-0.15, -0.1) is 10.2 Å². The van der Waals surface area contributed by atoms with Crippen LogP contribution < -0.4 is 16.0 Å². The SMILES string of the molecule is Cc1nnc(SCCNC(=O)CC2NC(=O)NC2=O)s1. The Morgan fingerprint density at radius 1 is 1.45 bits per heavy atom. The van der Waals surface area contributed by atoms with Crippen molar-refractivity contribution in [1.29, 1.82) is 0 Å². The molecule has 1 aromatic rings. The summed E-state index contributed by atoms with van der Waals surface area (Å²) in [6, 6.07) is -1.34. The minimum absolute atomic E-state index is 0.0554. The number of aromatic nitrogens is 2. The molecule has 0 aliphatic carbocycles. The quantitative estimate of drug-likeness (QED) is 0.376. The Morgan fingerprint density at radius 2 is 2.25 bits per heavy atom. The van der Waals surface area contributed by atoms with Gasteiger partial charge in [0, 0.05) is 12.3 Å². The number of imide groups is 1. The summed E-state index contributed by atoms with van der Waals surface area (Å²) in [5, 5.41) is 15.9. The minimum atomic E-state index is -0.777. The lowest BCUT2D eigenvalue weighted by Crippen LogP contribution is -2.36. The second-order valence-electron chi connectivity index (χ2n) is 4.00. The van der Waals surface area contributed by atoms with E-state index in [9.17, 15) is 14.4 Å². The number of nitrogens with zero attached hydrogens (tertiary/aromatic N) is 2. The standard InChI is InChI=1S/C10H13N5O3S2/c1-5-14-15-10(20-5)19-3-2-11-7(16)4-6-8(17)13-9(18)12-6/h6H,2-4H2,1H3,(H,11,16)(H2,12,13,17,18). The van der Waals surface area contributed by atoms with Gasteiger partial charge in [-0.1, -0.05) is 23.1 Å². The fourth-order valence-electron chi connectivity index (χ4n) is 1.53. The van der Waals surface area contributed by atoms with Crippen molar-refractivity contribution >= 4 is 40.9 Å². The van der Waals surface area contributed by atoms with Crippen LogP contribution in [0.15, 0.2) is 4.34 Å². The van der Waals surface area contributed by atoms with Gasteiger partial charge in [-0.05, 0) is 6.92 Å². The van der Waals surface area contributed by atoms with Gasteiger partial charge in [0.25, 0.3) is 5.91 Å². The van der Waals surface area contributed by atoms with Gasteiger partial charge in [0.1, 0.15) is 11.0 Å². The number of hydrogen-bond donors (Lipinski definition) is 3. The van der Waals surface area contributed by atoms with E-state index in [1.54, 1.807) is 0 Å². The number of aryl methyl sites for hydroxylation is 1. The monoisotopic (exact) mass is 315 g/mol. The number of thioether (sulfide) groups is 1. The molecule has 3 N–H and O–H groups in total. The van der Waals surface area contributed by atoms with Crippen LogP contribution in [-0.4, -0.2) is 46.4 Å². The van der Waals surface area contributed by atoms with Crippen LogP contribution in [0, 0.1) is 6.92 Å². The summed E-state index contributed by atoms with van der Waals surface area (Å²) in [7, 11) is 0. The molecule has 1 atom stereocenters. The van der Waals surface area contributed by atoms with Gasteiger partial charge in [-0.3, -0.25) is 14.9 Å². The average Bonchev–Trinajstić information content (AvgIpc) is 2.92. The molecule has 2 rings (SSSR count). The van der Waals surface area contributed by atoms with E-state index >= 15 is 0 Å². The average molecular weight is 315 g/mol. The molecule has 4 amide bonds. The third kappa shape index (κ3) is 4.17. The molecule has 1 aliphatic rings. The summed E-state index contributed by atoms with van der Waals surface area (Å²) >= 11 is 3.01. The van der Waals surface area contributed by atoms with Crippen molar-refractivity contribution < 1.29 is 14.4 Å². The summed E-state index contributed by atoms with van der Waals surface area (Å²) in [5.74, 6) is -0.0749.